The highest BCUT2D eigenvalue weighted by atomic mass is 16.5. The minimum absolute atomic E-state index is 0.0848. The van der Waals surface area contributed by atoms with Crippen molar-refractivity contribution < 1.29 is 14.6 Å². The second kappa shape index (κ2) is 5.19. The molecule has 0 saturated heterocycles. The van der Waals surface area contributed by atoms with Crippen molar-refractivity contribution in [2.24, 2.45) is 5.41 Å². The molecular weight excluding hydrogens is 170 g/mol. The number of methoxy groups -OCH3 is 1. The van der Waals surface area contributed by atoms with Crippen LogP contribution in [0.15, 0.2) is 0 Å². The molecule has 0 amide bonds. The lowest BCUT2D eigenvalue weighted by Gasteiger charge is -2.22. The molecule has 1 atom stereocenters. The third-order valence-electron chi connectivity index (χ3n) is 1.51. The molecule has 0 bridgehead atoms. The second-order valence-corrected chi connectivity index (χ2v) is 4.29. The van der Waals surface area contributed by atoms with E-state index in [2.05, 4.69) is 5.32 Å². The average Bonchev–Trinajstić information content (AvgIpc) is 1.95. The maximum absolute atomic E-state index is 10.7. The molecule has 0 aliphatic heterocycles. The first-order chi connectivity index (χ1) is 5.87. The molecule has 1 unspecified atom stereocenters. The highest BCUT2D eigenvalue weighted by Crippen LogP contribution is 2.10. The predicted octanol–water partition coefficient (Wildman–Crippen LogP) is 0.722. The Labute approximate surface area is 79.3 Å². The number of nitrogens with one attached hydrogen (secondary N) is 1. The van der Waals surface area contributed by atoms with E-state index in [4.69, 9.17) is 9.84 Å². The molecule has 4 heteroatoms. The van der Waals surface area contributed by atoms with Crippen molar-refractivity contribution in [2.45, 2.75) is 26.8 Å². The van der Waals surface area contributed by atoms with Crippen LogP contribution in [0.3, 0.4) is 0 Å². The summed E-state index contributed by atoms with van der Waals surface area (Å²) in [6.45, 7) is 7.00. The number of hydrogen-bond donors (Lipinski definition) is 2. The highest BCUT2D eigenvalue weighted by molar-refractivity contribution is 5.73. The molecule has 0 radical (unpaired) electrons. The van der Waals surface area contributed by atoms with Gasteiger partial charge in [0, 0.05) is 13.7 Å². The minimum Gasteiger partial charge on any atom is -0.480 e. The van der Waals surface area contributed by atoms with Gasteiger partial charge in [0.15, 0.2) is 0 Å². The maximum Gasteiger partial charge on any atom is 0.323 e. The standard InChI is InChI=1S/C9H19NO3/c1-9(2,3)6-10-7(5-13-4)8(11)12/h7,10H,5-6H2,1-4H3,(H,11,12). The van der Waals surface area contributed by atoms with Gasteiger partial charge in [0.2, 0.25) is 0 Å². The largest absolute Gasteiger partial charge is 0.480 e. The smallest absolute Gasteiger partial charge is 0.323 e. The number of rotatable bonds is 5. The van der Waals surface area contributed by atoms with Crippen LogP contribution in [-0.4, -0.2) is 37.4 Å². The Hall–Kier alpha value is -0.610. The van der Waals surface area contributed by atoms with E-state index >= 15 is 0 Å². The Kier molecular flexibility index (Phi) is 4.95. The van der Waals surface area contributed by atoms with Crippen molar-refractivity contribution in [1.29, 1.82) is 0 Å². The fourth-order valence-corrected chi connectivity index (χ4v) is 0.814. The van der Waals surface area contributed by atoms with E-state index in [-0.39, 0.29) is 12.0 Å². The molecule has 0 spiro atoms. The van der Waals surface area contributed by atoms with E-state index in [0.717, 1.165) is 0 Å². The summed E-state index contributed by atoms with van der Waals surface area (Å²) in [6.07, 6.45) is 0. The van der Waals surface area contributed by atoms with Crippen molar-refractivity contribution in [2.75, 3.05) is 20.3 Å². The number of aliphatic carboxylic acids is 1. The summed E-state index contributed by atoms with van der Waals surface area (Å²) < 4.78 is 4.79. The summed E-state index contributed by atoms with van der Waals surface area (Å²) in [6, 6.07) is -0.607. The average molecular weight is 189 g/mol. The summed E-state index contributed by atoms with van der Waals surface area (Å²) >= 11 is 0. The Morgan fingerprint density at radius 2 is 2.08 bits per heavy atom. The molecule has 0 aliphatic carbocycles. The third kappa shape index (κ3) is 6.54. The van der Waals surface area contributed by atoms with Crippen molar-refractivity contribution in [3.8, 4) is 0 Å². The molecule has 0 saturated carbocycles. The molecule has 0 aromatic carbocycles. The van der Waals surface area contributed by atoms with Gasteiger partial charge in [0.1, 0.15) is 6.04 Å². The lowest BCUT2D eigenvalue weighted by Crippen LogP contribution is -2.43. The second-order valence-electron chi connectivity index (χ2n) is 4.29. The van der Waals surface area contributed by atoms with Gasteiger partial charge in [0.25, 0.3) is 0 Å². The van der Waals surface area contributed by atoms with Gasteiger partial charge >= 0.3 is 5.97 Å². The van der Waals surface area contributed by atoms with Crippen LogP contribution in [0.2, 0.25) is 0 Å². The van der Waals surface area contributed by atoms with E-state index in [0.29, 0.717) is 6.54 Å². The van der Waals surface area contributed by atoms with Gasteiger partial charge in [-0.1, -0.05) is 20.8 Å². The van der Waals surface area contributed by atoms with Gasteiger partial charge < -0.3 is 15.2 Å². The fraction of sp³-hybridized carbons (Fsp3) is 0.889. The summed E-state index contributed by atoms with van der Waals surface area (Å²) in [5.41, 5.74) is 0.0848. The Morgan fingerprint density at radius 3 is 2.38 bits per heavy atom. The van der Waals surface area contributed by atoms with Crippen molar-refractivity contribution in [3.05, 3.63) is 0 Å². The van der Waals surface area contributed by atoms with Crippen LogP contribution in [-0.2, 0) is 9.53 Å². The molecule has 0 aromatic heterocycles. The lowest BCUT2D eigenvalue weighted by molar-refractivity contribution is -0.140. The Balaban J connectivity index is 3.90. The summed E-state index contributed by atoms with van der Waals surface area (Å²) in [7, 11) is 1.49. The van der Waals surface area contributed by atoms with Crippen LogP contribution >= 0.6 is 0 Å². The number of carboxylic acids is 1. The number of ether oxygens (including phenoxy) is 1. The van der Waals surface area contributed by atoms with Gasteiger partial charge in [-0.05, 0) is 5.41 Å². The number of carboxylic acid groups (broad SMARTS) is 1. The molecule has 13 heavy (non-hydrogen) atoms. The maximum atomic E-state index is 10.7. The van der Waals surface area contributed by atoms with E-state index in [1.165, 1.54) is 7.11 Å². The first-order valence-electron chi connectivity index (χ1n) is 4.32. The van der Waals surface area contributed by atoms with Crippen LogP contribution in [0, 0.1) is 5.41 Å². The zero-order valence-corrected chi connectivity index (χ0v) is 8.76. The van der Waals surface area contributed by atoms with E-state index in [9.17, 15) is 4.79 Å². The predicted molar refractivity (Wildman–Crippen MR) is 50.8 cm³/mol. The van der Waals surface area contributed by atoms with Crippen LogP contribution in [0.4, 0.5) is 0 Å². The van der Waals surface area contributed by atoms with Crippen LogP contribution < -0.4 is 5.32 Å². The molecular formula is C9H19NO3. The first-order valence-corrected chi connectivity index (χ1v) is 4.32. The van der Waals surface area contributed by atoms with E-state index in [1.54, 1.807) is 0 Å². The zero-order chi connectivity index (χ0) is 10.5. The normalized spacial score (nSPS) is 14.2. The molecule has 0 heterocycles. The van der Waals surface area contributed by atoms with Gasteiger partial charge in [0.05, 0.1) is 6.61 Å². The molecule has 2 N–H and O–H groups in total. The van der Waals surface area contributed by atoms with Crippen LogP contribution in [0.5, 0.6) is 0 Å². The van der Waals surface area contributed by atoms with Gasteiger partial charge in [-0.3, -0.25) is 4.79 Å². The molecule has 0 rings (SSSR count). The summed E-state index contributed by atoms with van der Waals surface area (Å²) in [5, 5.41) is 11.7. The Morgan fingerprint density at radius 1 is 1.54 bits per heavy atom. The zero-order valence-electron chi connectivity index (χ0n) is 8.76. The lowest BCUT2D eigenvalue weighted by atomic mass is 9.96. The molecule has 4 nitrogen and oxygen atoms in total. The number of hydrogen-bond acceptors (Lipinski definition) is 3. The summed E-state index contributed by atoms with van der Waals surface area (Å²) in [5.74, 6) is -0.869. The topological polar surface area (TPSA) is 58.6 Å². The van der Waals surface area contributed by atoms with Crippen molar-refractivity contribution >= 4 is 5.97 Å². The highest BCUT2D eigenvalue weighted by Gasteiger charge is 2.19. The molecule has 0 aliphatic rings. The monoisotopic (exact) mass is 189 g/mol. The number of carbonyl (C=O) groups is 1. The van der Waals surface area contributed by atoms with Crippen molar-refractivity contribution in [1.82, 2.24) is 5.32 Å². The van der Waals surface area contributed by atoms with Crippen LogP contribution in [0.25, 0.3) is 0 Å². The third-order valence-corrected chi connectivity index (χ3v) is 1.51. The fourth-order valence-electron chi connectivity index (χ4n) is 0.814. The van der Waals surface area contributed by atoms with E-state index < -0.39 is 12.0 Å². The molecule has 0 aromatic rings. The molecule has 78 valence electrons. The van der Waals surface area contributed by atoms with Gasteiger partial charge in [-0.25, -0.2) is 0 Å². The molecule has 0 fully saturated rings. The van der Waals surface area contributed by atoms with Gasteiger partial charge in [-0.15, -0.1) is 0 Å². The van der Waals surface area contributed by atoms with Crippen molar-refractivity contribution in [3.63, 3.8) is 0 Å². The first kappa shape index (κ1) is 12.4. The van der Waals surface area contributed by atoms with Gasteiger partial charge in [-0.2, -0.15) is 0 Å². The SMILES string of the molecule is COCC(NCC(C)(C)C)C(=O)O. The summed E-state index contributed by atoms with van der Waals surface area (Å²) in [4.78, 5) is 10.7. The minimum atomic E-state index is -0.869. The van der Waals surface area contributed by atoms with Crippen LogP contribution in [0.1, 0.15) is 20.8 Å². The quantitative estimate of drug-likeness (QED) is 0.669. The Bertz CT molecular complexity index is 163. The van der Waals surface area contributed by atoms with E-state index in [1.807, 2.05) is 20.8 Å².